The molecule has 0 aliphatic heterocycles. The lowest BCUT2D eigenvalue weighted by Gasteiger charge is -1.75. The van der Waals surface area contributed by atoms with E-state index in [1.807, 2.05) is 4.98 Å². The van der Waals surface area contributed by atoms with Gasteiger partial charge < -0.3 is 4.98 Å². The molecule has 0 saturated heterocycles. The van der Waals surface area contributed by atoms with Gasteiger partial charge in [0.25, 0.3) is 5.56 Å². The average Bonchev–Trinajstić information content (AvgIpc) is 1.64. The Hall–Kier alpha value is -1.36. The van der Waals surface area contributed by atoms with Crippen molar-refractivity contribution in [2.45, 2.75) is 0 Å². The van der Waals surface area contributed by atoms with E-state index >= 15 is 0 Å². The van der Waals surface area contributed by atoms with Gasteiger partial charge in [0.1, 0.15) is 0 Å². The number of H-pyrrole nitrogens is 2. The minimum absolute atomic E-state index is 0. The topological polar surface area (TPSA) is 96.2 Å². The second kappa shape index (κ2) is 2.83. The van der Waals surface area contributed by atoms with Crippen LogP contribution in [0.5, 0.6) is 0 Å². The molecule has 0 aliphatic carbocycles. The van der Waals surface area contributed by atoms with E-state index in [1.165, 1.54) is 12.3 Å². The Morgan fingerprint density at radius 2 is 2.00 bits per heavy atom. The summed E-state index contributed by atoms with van der Waals surface area (Å²) in [5.41, 5.74) is -0.855. The lowest BCUT2D eigenvalue weighted by atomic mass is 10.7. The quantitative estimate of drug-likeness (QED) is 0.446. The average molecular weight is 126 g/mol. The number of nitrogens with one attached hydrogen (secondary N) is 2. The number of aromatic amines is 2. The van der Waals surface area contributed by atoms with Crippen LogP contribution in [0.1, 0.15) is 0 Å². The zero-order valence-electron chi connectivity index (χ0n) is 4.42. The predicted octanol–water partition coefficient (Wildman–Crippen LogP) is -1.42. The van der Waals surface area contributed by atoms with Gasteiger partial charge in [0.2, 0.25) is 0 Å². The van der Waals surface area contributed by atoms with Crippen molar-refractivity contribution in [2.24, 2.45) is 0 Å². The first kappa shape index (κ1) is 7.64. The first-order chi connectivity index (χ1) is 3.79. The number of rotatable bonds is 0. The fourth-order valence-corrected chi connectivity index (χ4v) is 0.383. The van der Waals surface area contributed by atoms with Crippen molar-refractivity contribution in [1.82, 2.24) is 16.1 Å². The fourth-order valence-electron chi connectivity index (χ4n) is 0.383. The maximum Gasteiger partial charge on any atom is 0.325 e. The van der Waals surface area contributed by atoms with Crippen molar-refractivity contribution >= 4 is 0 Å². The predicted molar refractivity (Wildman–Crippen MR) is 29.8 cm³/mol. The lowest BCUT2D eigenvalue weighted by Crippen LogP contribution is -2.19. The van der Waals surface area contributed by atoms with Gasteiger partial charge in [-0.1, -0.05) is 0 Å². The van der Waals surface area contributed by atoms with Crippen LogP contribution in [0, 0.1) is 0 Å². The fraction of sp³-hybridized carbons (Fsp3) is 0. The van der Waals surface area contributed by atoms with Gasteiger partial charge in [-0.25, -0.2) is 4.79 Å². The van der Waals surface area contributed by atoms with Crippen LogP contribution in [-0.2, 0) is 0 Å². The molecule has 0 aromatic carbocycles. The summed E-state index contributed by atoms with van der Waals surface area (Å²) in [4.78, 5) is 24.7. The van der Waals surface area contributed by atoms with Crippen LogP contribution in [-0.4, -0.2) is 9.97 Å². The highest BCUT2D eigenvalue weighted by atomic mass is 16.2. The Bertz CT molecular complexity index is 248. The zero-order valence-corrected chi connectivity index (χ0v) is 4.42. The van der Waals surface area contributed by atoms with Gasteiger partial charge in [0.05, 0.1) is 0 Å². The third-order valence-corrected chi connectivity index (χ3v) is 0.686. The van der Waals surface area contributed by atoms with E-state index in [2.05, 4.69) is 4.98 Å². The summed E-state index contributed by atoms with van der Waals surface area (Å²) < 4.78 is 0. The smallest absolute Gasteiger partial charge is 0.314 e. The second-order valence-corrected chi connectivity index (χ2v) is 1.30. The Labute approximate surface area is 50.3 Å². The normalized spacial score (nSPS) is 8.00. The molecule has 1 rings (SSSR count). The van der Waals surface area contributed by atoms with Crippen molar-refractivity contribution in [3.63, 3.8) is 0 Å². The molecule has 0 fully saturated rings. The van der Waals surface area contributed by atoms with Gasteiger partial charge in [0.15, 0.2) is 0 Å². The van der Waals surface area contributed by atoms with Crippen LogP contribution in [0.2, 0.25) is 0 Å². The van der Waals surface area contributed by atoms with Gasteiger partial charge in [0, 0.05) is 18.4 Å². The highest BCUT2D eigenvalue weighted by molar-refractivity contribution is 4.77. The van der Waals surface area contributed by atoms with Crippen LogP contribution < -0.4 is 17.4 Å². The third-order valence-electron chi connectivity index (χ3n) is 0.686. The molecule has 3 radical (unpaired) electrons. The largest absolute Gasteiger partial charge is 0.325 e. The molecule has 0 atom stereocenters. The number of hydrogen-bond donors (Lipinski definition) is 2. The van der Waals surface area contributed by atoms with E-state index in [4.69, 9.17) is 0 Å². The van der Waals surface area contributed by atoms with Crippen LogP contribution in [0.15, 0.2) is 21.9 Å². The molecule has 5 heteroatoms. The molecule has 1 aromatic rings. The van der Waals surface area contributed by atoms with E-state index in [0.717, 1.165) is 0 Å². The van der Waals surface area contributed by atoms with Crippen molar-refractivity contribution in [2.75, 3.05) is 0 Å². The molecule has 0 spiro atoms. The Morgan fingerprint density at radius 3 is 2.33 bits per heavy atom. The molecular formula is C4H4N3O2. The van der Waals surface area contributed by atoms with E-state index in [-0.39, 0.29) is 11.7 Å². The summed E-state index contributed by atoms with van der Waals surface area (Å²) in [5.74, 6) is 0. The standard InChI is InChI=1S/C4H4N2O2.N/c7-3-1-2-5-4(8)6-3;/h1-2H,(H2,5,6,7,8);. The first-order valence-electron chi connectivity index (χ1n) is 2.07. The van der Waals surface area contributed by atoms with E-state index in [9.17, 15) is 9.59 Å². The van der Waals surface area contributed by atoms with Crippen molar-refractivity contribution in [1.29, 1.82) is 0 Å². The van der Waals surface area contributed by atoms with Crippen LogP contribution in [0.4, 0.5) is 0 Å². The molecule has 0 saturated carbocycles. The van der Waals surface area contributed by atoms with Crippen molar-refractivity contribution < 1.29 is 0 Å². The van der Waals surface area contributed by atoms with Gasteiger partial charge in [-0.05, 0) is 0 Å². The van der Waals surface area contributed by atoms with Gasteiger partial charge in [-0.2, -0.15) is 0 Å². The SMILES string of the molecule is O=c1cc[nH]c(=O)[nH]1.[N]. The summed E-state index contributed by atoms with van der Waals surface area (Å²) >= 11 is 0. The van der Waals surface area contributed by atoms with Crippen LogP contribution in [0.3, 0.4) is 0 Å². The molecule has 0 aliphatic rings. The number of aromatic nitrogens is 2. The second-order valence-electron chi connectivity index (χ2n) is 1.30. The van der Waals surface area contributed by atoms with Gasteiger partial charge in [-0.15, -0.1) is 0 Å². The lowest BCUT2D eigenvalue weighted by molar-refractivity contribution is 1.04. The van der Waals surface area contributed by atoms with E-state index in [0.29, 0.717) is 0 Å². The molecule has 9 heavy (non-hydrogen) atoms. The molecule has 0 amide bonds. The summed E-state index contributed by atoms with van der Waals surface area (Å²) in [6, 6.07) is 1.24. The molecule has 47 valence electrons. The number of nitrogens with zero attached hydrogens (tertiary/aromatic N) is 1. The summed E-state index contributed by atoms with van der Waals surface area (Å²) in [7, 11) is 0. The first-order valence-corrected chi connectivity index (χ1v) is 2.07. The van der Waals surface area contributed by atoms with E-state index < -0.39 is 5.69 Å². The molecular weight excluding hydrogens is 122 g/mol. The molecule has 1 aromatic heterocycles. The maximum atomic E-state index is 10.2. The Balaban J connectivity index is 0.000000640. The minimum atomic E-state index is -0.475. The monoisotopic (exact) mass is 126 g/mol. The highest BCUT2D eigenvalue weighted by Gasteiger charge is 1.77. The zero-order chi connectivity index (χ0) is 5.98. The summed E-state index contributed by atoms with van der Waals surface area (Å²) in [6.45, 7) is 0. The summed E-state index contributed by atoms with van der Waals surface area (Å²) in [6.07, 6.45) is 1.29. The van der Waals surface area contributed by atoms with Crippen molar-refractivity contribution in [3.8, 4) is 0 Å². The minimum Gasteiger partial charge on any atom is -0.314 e. The number of hydrogen-bond acceptors (Lipinski definition) is 2. The van der Waals surface area contributed by atoms with E-state index in [1.54, 1.807) is 0 Å². The van der Waals surface area contributed by atoms with Gasteiger partial charge in [-0.3, -0.25) is 9.78 Å². The maximum absolute atomic E-state index is 10.2. The highest BCUT2D eigenvalue weighted by Crippen LogP contribution is 1.51. The molecule has 5 nitrogen and oxygen atoms in total. The molecule has 0 unspecified atom stereocenters. The van der Waals surface area contributed by atoms with Crippen LogP contribution in [0.25, 0.3) is 0 Å². The Morgan fingerprint density at radius 1 is 1.33 bits per heavy atom. The summed E-state index contributed by atoms with van der Waals surface area (Å²) in [5, 5.41) is 0. The Kier molecular flexibility index (Phi) is 2.40. The van der Waals surface area contributed by atoms with Crippen molar-refractivity contribution in [3.05, 3.63) is 33.1 Å². The third kappa shape index (κ3) is 1.92. The van der Waals surface area contributed by atoms with Gasteiger partial charge >= 0.3 is 5.69 Å². The molecule has 0 bridgehead atoms. The molecule has 1 heterocycles. The molecule has 2 N–H and O–H groups in total. The van der Waals surface area contributed by atoms with Crippen LogP contribution >= 0.6 is 0 Å².